The molecule has 0 aliphatic carbocycles. The zero-order valence-corrected chi connectivity index (χ0v) is 17.1. The summed E-state index contributed by atoms with van der Waals surface area (Å²) in [6.45, 7) is 4.26. The number of fused-ring (bicyclic) bond motifs is 1. The third-order valence-corrected chi connectivity index (χ3v) is 4.36. The predicted molar refractivity (Wildman–Crippen MR) is 113 cm³/mol. The molecule has 3 aromatic rings. The standard InChI is InChI=1S/C21H18BrN3O3/c1-4-10-28-19-9-6-15(11-20(19)27-5-2)13-23-25-14(3)24-18-8-7-16(22)12-17(18)21(25)26/h1,6-9,11-13H,5,10H2,2-3H3. The smallest absolute Gasteiger partial charge is 0.282 e. The van der Waals surface area contributed by atoms with Gasteiger partial charge in [0.25, 0.3) is 5.56 Å². The first-order chi connectivity index (χ1) is 13.5. The molecule has 1 aromatic heterocycles. The number of terminal acetylenes is 1. The summed E-state index contributed by atoms with van der Waals surface area (Å²) in [4.78, 5) is 17.2. The van der Waals surface area contributed by atoms with Crippen LogP contribution in [-0.4, -0.2) is 29.1 Å². The summed E-state index contributed by atoms with van der Waals surface area (Å²) < 4.78 is 13.2. The SMILES string of the molecule is C#CCOc1ccc(C=Nn2c(C)nc3ccc(Br)cc3c2=O)cc1OCC. The van der Waals surface area contributed by atoms with Crippen LogP contribution < -0.4 is 15.0 Å². The van der Waals surface area contributed by atoms with E-state index in [1.165, 1.54) is 4.68 Å². The second-order valence-electron chi connectivity index (χ2n) is 5.81. The van der Waals surface area contributed by atoms with Gasteiger partial charge in [-0.2, -0.15) is 9.78 Å². The van der Waals surface area contributed by atoms with Crippen molar-refractivity contribution in [2.45, 2.75) is 13.8 Å². The number of ether oxygens (including phenoxy) is 2. The van der Waals surface area contributed by atoms with Crippen molar-refractivity contribution >= 4 is 33.0 Å². The van der Waals surface area contributed by atoms with Gasteiger partial charge in [0.1, 0.15) is 12.4 Å². The molecule has 28 heavy (non-hydrogen) atoms. The number of rotatable bonds is 6. The van der Waals surface area contributed by atoms with E-state index in [1.807, 2.05) is 19.1 Å². The van der Waals surface area contributed by atoms with Crippen molar-refractivity contribution in [3.63, 3.8) is 0 Å². The van der Waals surface area contributed by atoms with Crippen LogP contribution in [0.4, 0.5) is 0 Å². The molecule has 6 nitrogen and oxygen atoms in total. The van der Waals surface area contributed by atoms with Crippen molar-refractivity contribution in [2.24, 2.45) is 5.10 Å². The van der Waals surface area contributed by atoms with Crippen LogP contribution in [0.15, 0.2) is 50.8 Å². The van der Waals surface area contributed by atoms with Gasteiger partial charge in [-0.25, -0.2) is 4.98 Å². The van der Waals surface area contributed by atoms with E-state index in [2.05, 4.69) is 31.9 Å². The molecule has 7 heteroatoms. The highest BCUT2D eigenvalue weighted by molar-refractivity contribution is 9.10. The lowest BCUT2D eigenvalue weighted by Gasteiger charge is -2.11. The summed E-state index contributed by atoms with van der Waals surface area (Å²) in [5, 5.41) is 4.81. The van der Waals surface area contributed by atoms with Crippen molar-refractivity contribution in [2.75, 3.05) is 13.2 Å². The van der Waals surface area contributed by atoms with Crippen LogP contribution in [0.3, 0.4) is 0 Å². The maximum atomic E-state index is 12.8. The molecule has 0 spiro atoms. The van der Waals surface area contributed by atoms with Crippen LogP contribution >= 0.6 is 15.9 Å². The minimum Gasteiger partial charge on any atom is -0.490 e. The first-order valence-electron chi connectivity index (χ1n) is 8.60. The number of nitrogens with zero attached hydrogens (tertiary/aromatic N) is 3. The molecule has 2 aromatic carbocycles. The fourth-order valence-electron chi connectivity index (χ4n) is 2.63. The Kier molecular flexibility index (Phi) is 6.12. The maximum Gasteiger partial charge on any atom is 0.282 e. The molecule has 0 radical (unpaired) electrons. The van der Waals surface area contributed by atoms with Gasteiger partial charge in [0.05, 0.1) is 23.7 Å². The Hall–Kier alpha value is -3.11. The Morgan fingerprint density at radius 2 is 2.07 bits per heavy atom. The normalized spacial score (nSPS) is 10.9. The Morgan fingerprint density at radius 3 is 2.82 bits per heavy atom. The third-order valence-electron chi connectivity index (χ3n) is 3.87. The van der Waals surface area contributed by atoms with Gasteiger partial charge in [-0.15, -0.1) is 6.42 Å². The summed E-state index contributed by atoms with van der Waals surface area (Å²) in [6.07, 6.45) is 6.82. The first kappa shape index (κ1) is 19.6. The number of aryl methyl sites for hydroxylation is 1. The quantitative estimate of drug-likeness (QED) is 0.433. The zero-order chi connectivity index (χ0) is 20.1. The Balaban J connectivity index is 1.98. The molecule has 0 bridgehead atoms. The van der Waals surface area contributed by atoms with E-state index in [9.17, 15) is 4.79 Å². The molecule has 3 rings (SSSR count). The molecule has 0 amide bonds. The van der Waals surface area contributed by atoms with Crippen molar-refractivity contribution in [3.05, 3.63) is 62.6 Å². The van der Waals surface area contributed by atoms with Crippen LogP contribution in [0.1, 0.15) is 18.3 Å². The highest BCUT2D eigenvalue weighted by atomic mass is 79.9. The average Bonchev–Trinajstić information content (AvgIpc) is 2.68. The lowest BCUT2D eigenvalue weighted by molar-refractivity contribution is 0.299. The van der Waals surface area contributed by atoms with E-state index in [4.69, 9.17) is 15.9 Å². The van der Waals surface area contributed by atoms with Gasteiger partial charge in [-0.3, -0.25) is 4.79 Å². The van der Waals surface area contributed by atoms with Crippen LogP contribution in [-0.2, 0) is 0 Å². The van der Waals surface area contributed by atoms with Gasteiger partial charge < -0.3 is 9.47 Å². The fraction of sp³-hybridized carbons (Fsp3) is 0.190. The lowest BCUT2D eigenvalue weighted by Crippen LogP contribution is -2.20. The van der Waals surface area contributed by atoms with E-state index in [-0.39, 0.29) is 12.2 Å². The molecule has 0 saturated carbocycles. The van der Waals surface area contributed by atoms with Crippen LogP contribution in [0.2, 0.25) is 0 Å². The Bertz CT molecular complexity index is 1150. The van der Waals surface area contributed by atoms with Gasteiger partial charge in [0.15, 0.2) is 11.5 Å². The highest BCUT2D eigenvalue weighted by Crippen LogP contribution is 2.28. The Morgan fingerprint density at radius 1 is 1.25 bits per heavy atom. The molecule has 0 fully saturated rings. The summed E-state index contributed by atoms with van der Waals surface area (Å²) >= 11 is 3.38. The fourth-order valence-corrected chi connectivity index (χ4v) is 2.99. The second kappa shape index (κ2) is 8.72. The number of benzene rings is 2. The molecule has 0 unspecified atom stereocenters. The summed E-state index contributed by atoms with van der Waals surface area (Å²) in [5.74, 6) is 4.04. The molecular formula is C21H18BrN3O3. The lowest BCUT2D eigenvalue weighted by atomic mass is 10.2. The maximum absolute atomic E-state index is 12.8. The molecular weight excluding hydrogens is 422 g/mol. The average molecular weight is 440 g/mol. The highest BCUT2D eigenvalue weighted by Gasteiger charge is 2.09. The molecule has 142 valence electrons. The minimum absolute atomic E-state index is 0.153. The molecule has 1 heterocycles. The molecule has 0 aliphatic heterocycles. The van der Waals surface area contributed by atoms with E-state index in [0.29, 0.717) is 34.8 Å². The van der Waals surface area contributed by atoms with E-state index < -0.39 is 0 Å². The van der Waals surface area contributed by atoms with E-state index >= 15 is 0 Å². The van der Waals surface area contributed by atoms with Gasteiger partial charge in [-0.1, -0.05) is 21.9 Å². The summed E-state index contributed by atoms with van der Waals surface area (Å²) in [6, 6.07) is 10.7. The van der Waals surface area contributed by atoms with Gasteiger partial charge in [-0.05, 0) is 55.8 Å². The molecule has 0 atom stereocenters. The zero-order valence-electron chi connectivity index (χ0n) is 15.5. The number of aromatic nitrogens is 2. The van der Waals surface area contributed by atoms with Gasteiger partial charge in [0.2, 0.25) is 0 Å². The van der Waals surface area contributed by atoms with E-state index in [1.54, 1.807) is 37.4 Å². The monoisotopic (exact) mass is 439 g/mol. The number of halogens is 1. The second-order valence-corrected chi connectivity index (χ2v) is 6.73. The van der Waals surface area contributed by atoms with Crippen LogP contribution in [0.25, 0.3) is 10.9 Å². The number of hydrogen-bond acceptors (Lipinski definition) is 5. The van der Waals surface area contributed by atoms with Crippen molar-refractivity contribution in [3.8, 4) is 23.8 Å². The molecule has 0 aliphatic rings. The van der Waals surface area contributed by atoms with Crippen LogP contribution in [0, 0.1) is 19.3 Å². The summed E-state index contributed by atoms with van der Waals surface area (Å²) in [5.41, 5.74) is 1.14. The molecule has 0 saturated heterocycles. The largest absolute Gasteiger partial charge is 0.490 e. The Labute approximate surface area is 170 Å². The molecule has 0 N–H and O–H groups in total. The first-order valence-corrected chi connectivity index (χ1v) is 9.39. The number of hydrogen-bond donors (Lipinski definition) is 0. The topological polar surface area (TPSA) is 65.7 Å². The minimum atomic E-state index is -0.237. The third kappa shape index (κ3) is 4.24. The van der Waals surface area contributed by atoms with Gasteiger partial charge in [0, 0.05) is 4.47 Å². The predicted octanol–water partition coefficient (Wildman–Crippen LogP) is 3.76. The van der Waals surface area contributed by atoms with Crippen molar-refractivity contribution < 1.29 is 9.47 Å². The van der Waals surface area contributed by atoms with Gasteiger partial charge >= 0.3 is 0 Å². The summed E-state index contributed by atoms with van der Waals surface area (Å²) in [7, 11) is 0. The van der Waals surface area contributed by atoms with Crippen molar-refractivity contribution in [1.29, 1.82) is 0 Å². The van der Waals surface area contributed by atoms with Crippen molar-refractivity contribution in [1.82, 2.24) is 9.66 Å². The van der Waals surface area contributed by atoms with E-state index in [0.717, 1.165) is 10.0 Å². The van der Waals surface area contributed by atoms with Crippen LogP contribution in [0.5, 0.6) is 11.5 Å².